The summed E-state index contributed by atoms with van der Waals surface area (Å²) in [6.45, 7) is -0.00619. The molecule has 4 nitrogen and oxygen atoms in total. The average Bonchev–Trinajstić information content (AvgIpc) is 2.65. The number of hydrogen-bond donors (Lipinski definition) is 0. The highest BCUT2D eigenvalue weighted by molar-refractivity contribution is 8.26. The van der Waals surface area contributed by atoms with E-state index in [1.165, 1.54) is 17.0 Å². The molecule has 1 aromatic carbocycles. The Balaban J connectivity index is 2.14. The molecule has 1 fully saturated rings. The highest BCUT2D eigenvalue weighted by Gasteiger charge is 2.31. The zero-order chi connectivity index (χ0) is 14.7. The van der Waals surface area contributed by atoms with Crippen LogP contribution in [-0.2, 0) is 9.59 Å². The van der Waals surface area contributed by atoms with Crippen LogP contribution in [0.4, 0.5) is 4.39 Å². The second-order valence-electron chi connectivity index (χ2n) is 4.01. The van der Waals surface area contributed by atoms with Crippen LogP contribution < -0.4 is 5.11 Å². The van der Waals surface area contributed by atoms with E-state index in [-0.39, 0.29) is 24.7 Å². The maximum absolute atomic E-state index is 12.8. The number of carbonyl (C=O) groups is 2. The maximum Gasteiger partial charge on any atom is 0.266 e. The number of rotatable bonds is 4. The number of benzene rings is 1. The molecule has 0 bridgehead atoms. The normalized spacial score (nSPS) is 17.1. The molecule has 0 aromatic heterocycles. The monoisotopic (exact) mass is 310 g/mol. The third-order valence-electron chi connectivity index (χ3n) is 2.58. The SMILES string of the molecule is O=C([O-])CCN1C(=O)/C(=C\c2ccc(F)cc2)SC1=S. The smallest absolute Gasteiger partial charge is 0.266 e. The minimum absolute atomic E-state index is 0.00619. The molecule has 0 atom stereocenters. The first kappa shape index (κ1) is 14.7. The molecular weight excluding hydrogens is 301 g/mol. The molecule has 7 heteroatoms. The van der Waals surface area contributed by atoms with Crippen LogP contribution in [0, 0.1) is 5.82 Å². The molecule has 1 heterocycles. The van der Waals surface area contributed by atoms with Crippen molar-refractivity contribution in [3.05, 3.63) is 40.6 Å². The molecule has 1 aliphatic rings. The van der Waals surface area contributed by atoms with Crippen LogP contribution in [-0.4, -0.2) is 27.6 Å². The Morgan fingerprint density at radius 1 is 1.40 bits per heavy atom. The number of thioether (sulfide) groups is 1. The summed E-state index contributed by atoms with van der Waals surface area (Å²) in [5, 5.41) is 10.4. The van der Waals surface area contributed by atoms with Crippen LogP contribution in [0.1, 0.15) is 12.0 Å². The van der Waals surface area contributed by atoms with Crippen molar-refractivity contribution in [3.8, 4) is 0 Å². The lowest BCUT2D eigenvalue weighted by atomic mass is 10.2. The summed E-state index contributed by atoms with van der Waals surface area (Å²) in [4.78, 5) is 24.1. The summed E-state index contributed by atoms with van der Waals surface area (Å²) in [5.41, 5.74) is 0.673. The molecule has 1 amide bonds. The Morgan fingerprint density at radius 3 is 2.65 bits per heavy atom. The lowest BCUT2D eigenvalue weighted by Gasteiger charge is -2.14. The molecule has 20 heavy (non-hydrogen) atoms. The molecule has 1 saturated heterocycles. The van der Waals surface area contributed by atoms with Gasteiger partial charge in [0.15, 0.2) is 0 Å². The van der Waals surface area contributed by atoms with Crippen molar-refractivity contribution in [1.29, 1.82) is 0 Å². The van der Waals surface area contributed by atoms with Gasteiger partial charge < -0.3 is 9.90 Å². The summed E-state index contributed by atoms with van der Waals surface area (Å²) >= 11 is 6.13. The molecule has 0 saturated carbocycles. The highest BCUT2D eigenvalue weighted by atomic mass is 32.2. The van der Waals surface area contributed by atoms with Gasteiger partial charge in [-0.3, -0.25) is 9.69 Å². The summed E-state index contributed by atoms with van der Waals surface area (Å²) in [6, 6.07) is 5.68. The number of aliphatic carboxylic acids is 1. The van der Waals surface area contributed by atoms with E-state index >= 15 is 0 Å². The molecule has 0 radical (unpaired) electrons. The lowest BCUT2D eigenvalue weighted by Crippen LogP contribution is -2.33. The standard InChI is InChI=1S/C13H10FNO3S2/c14-9-3-1-8(2-4-9)7-10-12(18)15(13(19)20-10)6-5-11(16)17/h1-4,7H,5-6H2,(H,16,17)/p-1/b10-7+. The van der Waals surface area contributed by atoms with Gasteiger partial charge in [-0.1, -0.05) is 36.1 Å². The number of amides is 1. The molecule has 0 aliphatic carbocycles. The van der Waals surface area contributed by atoms with Crippen LogP contribution in [0.25, 0.3) is 6.08 Å². The van der Waals surface area contributed by atoms with Crippen LogP contribution in [0.15, 0.2) is 29.2 Å². The lowest BCUT2D eigenvalue weighted by molar-refractivity contribution is -0.305. The maximum atomic E-state index is 12.8. The number of carboxylic acids is 1. The third-order valence-corrected chi connectivity index (χ3v) is 3.96. The van der Waals surface area contributed by atoms with Crippen LogP contribution in [0.3, 0.4) is 0 Å². The van der Waals surface area contributed by atoms with Crippen molar-refractivity contribution in [3.63, 3.8) is 0 Å². The predicted molar refractivity (Wildman–Crippen MR) is 75.9 cm³/mol. The first-order chi connectivity index (χ1) is 9.47. The van der Waals surface area contributed by atoms with Crippen molar-refractivity contribution < 1.29 is 19.1 Å². The van der Waals surface area contributed by atoms with Gasteiger partial charge in [-0.15, -0.1) is 0 Å². The molecule has 104 valence electrons. The first-order valence-corrected chi connectivity index (χ1v) is 6.90. The van der Waals surface area contributed by atoms with E-state index in [1.54, 1.807) is 18.2 Å². The molecule has 0 N–H and O–H groups in total. The Hall–Kier alpha value is -1.73. The van der Waals surface area contributed by atoms with E-state index in [2.05, 4.69) is 0 Å². The van der Waals surface area contributed by atoms with E-state index in [9.17, 15) is 19.1 Å². The van der Waals surface area contributed by atoms with Crippen molar-refractivity contribution in [2.24, 2.45) is 0 Å². The van der Waals surface area contributed by atoms with Crippen LogP contribution >= 0.6 is 24.0 Å². The Morgan fingerprint density at radius 2 is 2.05 bits per heavy atom. The quantitative estimate of drug-likeness (QED) is 0.617. The number of carbonyl (C=O) groups excluding carboxylic acids is 2. The topological polar surface area (TPSA) is 60.4 Å². The highest BCUT2D eigenvalue weighted by Crippen LogP contribution is 2.32. The van der Waals surface area contributed by atoms with E-state index < -0.39 is 5.97 Å². The minimum Gasteiger partial charge on any atom is -0.550 e. The fourth-order valence-electron chi connectivity index (χ4n) is 1.61. The van der Waals surface area contributed by atoms with E-state index in [0.29, 0.717) is 14.8 Å². The van der Waals surface area contributed by atoms with E-state index in [4.69, 9.17) is 12.2 Å². The molecule has 1 aromatic rings. The van der Waals surface area contributed by atoms with Gasteiger partial charge in [-0.05, 0) is 23.8 Å². The zero-order valence-corrected chi connectivity index (χ0v) is 11.8. The Labute approximate surface area is 124 Å². The fraction of sp³-hybridized carbons (Fsp3) is 0.154. The van der Waals surface area contributed by atoms with Crippen molar-refractivity contribution >= 4 is 46.3 Å². The van der Waals surface area contributed by atoms with Crippen LogP contribution in [0.2, 0.25) is 0 Å². The largest absolute Gasteiger partial charge is 0.550 e. The van der Waals surface area contributed by atoms with Gasteiger partial charge in [0.05, 0.1) is 4.91 Å². The van der Waals surface area contributed by atoms with E-state index in [1.807, 2.05) is 0 Å². The van der Waals surface area contributed by atoms with Gasteiger partial charge >= 0.3 is 0 Å². The van der Waals surface area contributed by atoms with Gasteiger partial charge in [0.2, 0.25) is 0 Å². The zero-order valence-electron chi connectivity index (χ0n) is 10.2. The molecule has 0 spiro atoms. The summed E-state index contributed by atoms with van der Waals surface area (Å²) in [7, 11) is 0. The van der Waals surface area contributed by atoms with Crippen molar-refractivity contribution in [2.75, 3.05) is 6.54 Å². The molecule has 0 unspecified atom stereocenters. The number of nitrogens with zero attached hydrogens (tertiary/aromatic N) is 1. The van der Waals surface area contributed by atoms with Crippen molar-refractivity contribution in [2.45, 2.75) is 6.42 Å². The first-order valence-electron chi connectivity index (χ1n) is 5.68. The summed E-state index contributed by atoms with van der Waals surface area (Å²) < 4.78 is 13.1. The Kier molecular flexibility index (Phi) is 4.51. The van der Waals surface area contributed by atoms with Crippen molar-refractivity contribution in [1.82, 2.24) is 4.90 Å². The van der Waals surface area contributed by atoms with Gasteiger partial charge in [0.1, 0.15) is 10.1 Å². The minimum atomic E-state index is -1.23. The number of thiocarbonyl (C=S) groups is 1. The average molecular weight is 310 g/mol. The van der Waals surface area contributed by atoms with Crippen LogP contribution in [0.5, 0.6) is 0 Å². The second kappa shape index (κ2) is 6.15. The fourth-order valence-corrected chi connectivity index (χ4v) is 2.91. The molecule has 2 rings (SSSR count). The van der Waals surface area contributed by atoms with Gasteiger partial charge in [-0.25, -0.2) is 4.39 Å². The Bertz CT molecular complexity index is 598. The third kappa shape index (κ3) is 3.43. The molecular formula is C13H9FNO3S2-. The van der Waals surface area contributed by atoms with Gasteiger partial charge in [-0.2, -0.15) is 0 Å². The van der Waals surface area contributed by atoms with Gasteiger partial charge in [0.25, 0.3) is 5.91 Å². The predicted octanol–water partition coefficient (Wildman–Crippen LogP) is 1.17. The summed E-state index contributed by atoms with van der Waals surface area (Å²) in [6.07, 6.45) is 1.33. The second-order valence-corrected chi connectivity index (χ2v) is 5.68. The molecule has 1 aliphatic heterocycles. The van der Waals surface area contributed by atoms with Gasteiger partial charge in [0, 0.05) is 18.9 Å². The van der Waals surface area contributed by atoms with E-state index in [0.717, 1.165) is 11.8 Å². The summed E-state index contributed by atoms with van der Waals surface area (Å²) in [5.74, 6) is -1.93. The number of carboxylic acid groups (broad SMARTS) is 1. The number of halogens is 1. The number of hydrogen-bond acceptors (Lipinski definition) is 5.